The number of nitro groups is 1. The molecule has 0 atom stereocenters. The fraction of sp³-hybridized carbons (Fsp3) is 0.100. The molecule has 0 aromatic carbocycles. The Morgan fingerprint density at radius 2 is 2.17 bits per heavy atom. The third kappa shape index (κ3) is 1.35. The molecule has 0 N–H and O–H groups in total. The highest BCUT2D eigenvalue weighted by molar-refractivity contribution is 5.55. The van der Waals surface area contributed by atoms with Crippen molar-refractivity contribution >= 4 is 5.95 Å². The van der Waals surface area contributed by atoms with Crippen LogP contribution in [-0.4, -0.2) is 29.0 Å². The standard InChI is InChI=1S/C10H8N6O2/c1-14-4-2-3-8(14)15-9-7(12-6-13-9)5-11-10(15)16(17)18/h2-6H,1H3. The lowest BCUT2D eigenvalue weighted by molar-refractivity contribution is -0.396. The van der Waals surface area contributed by atoms with Crippen LogP contribution >= 0.6 is 0 Å². The smallest absolute Gasteiger partial charge is 0.390 e. The van der Waals surface area contributed by atoms with Gasteiger partial charge in [0.05, 0.1) is 0 Å². The zero-order valence-corrected chi connectivity index (χ0v) is 9.39. The molecule has 0 amide bonds. The third-order valence-corrected chi connectivity index (χ3v) is 2.63. The molecular formula is C10H8N6O2. The van der Waals surface area contributed by atoms with Gasteiger partial charge in [0.25, 0.3) is 0 Å². The summed E-state index contributed by atoms with van der Waals surface area (Å²) in [6.45, 7) is 0. The normalized spacial score (nSPS) is 10.9. The van der Waals surface area contributed by atoms with Gasteiger partial charge in [-0.05, 0) is 17.1 Å². The van der Waals surface area contributed by atoms with Crippen LogP contribution in [0.25, 0.3) is 17.3 Å². The molecule has 2 aliphatic rings. The van der Waals surface area contributed by atoms with Gasteiger partial charge in [0.1, 0.15) is 12.5 Å². The van der Waals surface area contributed by atoms with Crippen LogP contribution in [0.4, 0.5) is 5.95 Å². The average molecular weight is 244 g/mol. The first-order chi connectivity index (χ1) is 8.68. The maximum Gasteiger partial charge on any atom is 0.442 e. The lowest BCUT2D eigenvalue weighted by Crippen LogP contribution is -2.12. The highest BCUT2D eigenvalue weighted by atomic mass is 16.6. The maximum atomic E-state index is 11.1. The van der Waals surface area contributed by atoms with Crippen LogP contribution < -0.4 is 0 Å². The summed E-state index contributed by atoms with van der Waals surface area (Å²) in [5.74, 6) is 0.739. The summed E-state index contributed by atoms with van der Waals surface area (Å²) >= 11 is 0. The molecule has 0 bridgehead atoms. The van der Waals surface area contributed by atoms with E-state index in [0.717, 1.165) is 0 Å². The van der Waals surface area contributed by atoms with E-state index in [9.17, 15) is 10.1 Å². The minimum Gasteiger partial charge on any atom is -0.390 e. The Hall–Kier alpha value is -2.77. The van der Waals surface area contributed by atoms with Crippen molar-refractivity contribution in [3.63, 3.8) is 0 Å². The van der Waals surface area contributed by atoms with Crippen LogP contribution in [-0.2, 0) is 7.05 Å². The highest BCUT2D eigenvalue weighted by Crippen LogP contribution is 2.25. The first-order valence-electron chi connectivity index (χ1n) is 5.13. The number of aromatic nitrogens is 5. The Morgan fingerprint density at radius 1 is 1.33 bits per heavy atom. The zero-order chi connectivity index (χ0) is 12.7. The van der Waals surface area contributed by atoms with Crippen LogP contribution in [0, 0.1) is 10.1 Å². The molecule has 8 nitrogen and oxygen atoms in total. The topological polar surface area (TPSA) is 91.7 Å². The van der Waals surface area contributed by atoms with Crippen LogP contribution in [0.1, 0.15) is 0 Å². The number of rotatable bonds is 2. The van der Waals surface area contributed by atoms with Crippen molar-refractivity contribution in [1.29, 1.82) is 0 Å². The molecule has 0 aliphatic carbocycles. The number of fused-ring (bicyclic) bond motifs is 1. The minimum absolute atomic E-state index is 0.287. The predicted octanol–water partition coefficient (Wildman–Crippen LogP) is 1.01. The summed E-state index contributed by atoms with van der Waals surface area (Å²) < 4.78 is 3.13. The van der Waals surface area contributed by atoms with Gasteiger partial charge in [-0.3, -0.25) is 0 Å². The predicted molar refractivity (Wildman–Crippen MR) is 61.4 cm³/mol. The highest BCUT2D eigenvalue weighted by Gasteiger charge is 2.26. The number of hydrogen-bond acceptors (Lipinski definition) is 5. The van der Waals surface area contributed by atoms with Crippen LogP contribution in [0.15, 0.2) is 30.9 Å². The summed E-state index contributed by atoms with van der Waals surface area (Å²) in [7, 11) is 1.79. The monoisotopic (exact) mass is 244 g/mol. The van der Waals surface area contributed by atoms with Gasteiger partial charge in [-0.25, -0.2) is 9.97 Å². The number of nitrogens with zero attached hydrogens (tertiary/aromatic N) is 6. The van der Waals surface area contributed by atoms with Crippen molar-refractivity contribution in [2.24, 2.45) is 7.05 Å². The Kier molecular flexibility index (Phi) is 2.09. The van der Waals surface area contributed by atoms with E-state index in [1.807, 2.05) is 0 Å². The fourth-order valence-corrected chi connectivity index (χ4v) is 1.83. The summed E-state index contributed by atoms with van der Waals surface area (Å²) in [6, 6.07) is 3.55. The Bertz CT molecular complexity index is 700. The Labute approximate surface area is 101 Å². The number of imidazole rings is 1. The van der Waals surface area contributed by atoms with Gasteiger partial charge < -0.3 is 14.7 Å². The molecule has 18 heavy (non-hydrogen) atoms. The molecule has 0 unspecified atom stereocenters. The number of aryl methyl sites for hydroxylation is 1. The van der Waals surface area contributed by atoms with Crippen LogP contribution in [0.3, 0.4) is 0 Å². The molecule has 0 radical (unpaired) electrons. The minimum atomic E-state index is -0.541. The molecule has 2 aliphatic heterocycles. The van der Waals surface area contributed by atoms with Crippen molar-refractivity contribution in [2.75, 3.05) is 0 Å². The molecule has 3 heterocycles. The second-order valence-corrected chi connectivity index (χ2v) is 3.71. The molecule has 0 spiro atoms. The lowest BCUT2D eigenvalue weighted by Gasteiger charge is -2.08. The van der Waals surface area contributed by atoms with Crippen molar-refractivity contribution in [3.05, 3.63) is 41.0 Å². The van der Waals surface area contributed by atoms with Crippen molar-refractivity contribution in [3.8, 4) is 17.3 Å². The summed E-state index contributed by atoms with van der Waals surface area (Å²) in [6.07, 6.45) is 4.50. The van der Waals surface area contributed by atoms with Gasteiger partial charge in [0.2, 0.25) is 5.82 Å². The molecule has 8 heteroatoms. The van der Waals surface area contributed by atoms with E-state index in [0.29, 0.717) is 17.3 Å². The van der Waals surface area contributed by atoms with Crippen LogP contribution in [0.2, 0.25) is 0 Å². The number of hydrogen-bond donors (Lipinski definition) is 0. The van der Waals surface area contributed by atoms with Gasteiger partial charge >= 0.3 is 5.95 Å². The molecule has 90 valence electrons. The second-order valence-electron chi connectivity index (χ2n) is 3.71. The molecule has 3 rings (SSSR count). The van der Waals surface area contributed by atoms with E-state index in [4.69, 9.17) is 0 Å². The summed E-state index contributed by atoms with van der Waals surface area (Å²) in [5, 5.41) is 11.1. The SMILES string of the molecule is Cn1cccc1-n1c2ncnc-2cnc1[N+](=O)[O-]. The van der Waals surface area contributed by atoms with E-state index in [2.05, 4.69) is 15.0 Å². The molecule has 1 aromatic rings. The van der Waals surface area contributed by atoms with E-state index in [1.165, 1.54) is 17.1 Å². The summed E-state index contributed by atoms with van der Waals surface area (Å²) in [5.41, 5.74) is 0.516. The first-order valence-corrected chi connectivity index (χ1v) is 5.13. The van der Waals surface area contributed by atoms with Gasteiger partial charge in [-0.1, -0.05) is 4.98 Å². The first kappa shape index (κ1) is 10.4. The lowest BCUT2D eigenvalue weighted by atomic mass is 10.4. The van der Waals surface area contributed by atoms with E-state index >= 15 is 0 Å². The van der Waals surface area contributed by atoms with E-state index in [-0.39, 0.29) is 5.95 Å². The van der Waals surface area contributed by atoms with Gasteiger partial charge in [0.15, 0.2) is 11.5 Å². The average Bonchev–Trinajstić information content (AvgIpc) is 2.95. The largest absolute Gasteiger partial charge is 0.442 e. The molecule has 1 aromatic heterocycles. The van der Waals surface area contributed by atoms with Crippen molar-refractivity contribution in [2.45, 2.75) is 0 Å². The summed E-state index contributed by atoms with van der Waals surface area (Å²) in [4.78, 5) is 22.4. The maximum absolute atomic E-state index is 11.1. The third-order valence-electron chi connectivity index (χ3n) is 2.63. The second kappa shape index (κ2) is 3.62. The Balaban J connectivity index is 2.39. The van der Waals surface area contributed by atoms with Crippen LogP contribution in [0.5, 0.6) is 0 Å². The zero-order valence-electron chi connectivity index (χ0n) is 9.39. The van der Waals surface area contributed by atoms with Gasteiger partial charge in [-0.15, -0.1) is 0 Å². The van der Waals surface area contributed by atoms with E-state index < -0.39 is 4.92 Å². The molecule has 0 saturated heterocycles. The molecule has 0 fully saturated rings. The van der Waals surface area contributed by atoms with Gasteiger partial charge in [-0.2, -0.15) is 4.57 Å². The molecule has 0 saturated carbocycles. The fourth-order valence-electron chi connectivity index (χ4n) is 1.83. The molecular weight excluding hydrogens is 236 g/mol. The van der Waals surface area contributed by atoms with Crippen molar-refractivity contribution in [1.82, 2.24) is 24.1 Å². The quantitative estimate of drug-likeness (QED) is 0.495. The van der Waals surface area contributed by atoms with Gasteiger partial charge in [0, 0.05) is 13.2 Å². The van der Waals surface area contributed by atoms with E-state index in [1.54, 1.807) is 29.9 Å². The van der Waals surface area contributed by atoms with Crippen molar-refractivity contribution < 1.29 is 4.92 Å². The Morgan fingerprint density at radius 3 is 2.83 bits per heavy atom.